The highest BCUT2D eigenvalue weighted by Gasteiger charge is 2.44. The zero-order chi connectivity index (χ0) is 19.7. The van der Waals surface area contributed by atoms with Gasteiger partial charge < -0.3 is 10.1 Å². The fourth-order valence-electron chi connectivity index (χ4n) is 3.24. The first-order valence-electron chi connectivity index (χ1n) is 9.59. The predicted octanol–water partition coefficient (Wildman–Crippen LogP) is 3.21. The van der Waals surface area contributed by atoms with Gasteiger partial charge in [-0.2, -0.15) is 5.06 Å². The Bertz CT molecular complexity index is 697. The van der Waals surface area contributed by atoms with E-state index in [1.807, 2.05) is 64.1 Å². The van der Waals surface area contributed by atoms with Crippen LogP contribution in [0.4, 0.5) is 5.69 Å². The standard InChI is InChI=1S/C21H31N3O3/c1-20(2,24-17-10-12-18(27-24)13-11-17)19(25)23-16-8-6-15(7-9-16)14-26-21(3,4)22-5/h6-10,12,17-18,22H,11,13-14H2,1-5H3,(H,23,25). The van der Waals surface area contributed by atoms with Gasteiger partial charge in [-0.15, -0.1) is 0 Å². The van der Waals surface area contributed by atoms with Gasteiger partial charge >= 0.3 is 0 Å². The Morgan fingerprint density at radius 2 is 1.89 bits per heavy atom. The third-order valence-electron chi connectivity index (χ3n) is 5.37. The summed E-state index contributed by atoms with van der Waals surface area (Å²) >= 11 is 0. The molecule has 0 radical (unpaired) electrons. The second kappa shape index (κ2) is 7.72. The first kappa shape index (κ1) is 20.0. The second-order valence-electron chi connectivity index (χ2n) is 8.26. The number of nitrogens with one attached hydrogen (secondary N) is 2. The number of hydrogen-bond donors (Lipinski definition) is 2. The average molecular weight is 373 g/mol. The lowest BCUT2D eigenvalue weighted by Crippen LogP contribution is -2.60. The molecule has 6 nitrogen and oxygen atoms in total. The van der Waals surface area contributed by atoms with Gasteiger partial charge in [0.25, 0.3) is 0 Å². The molecular formula is C21H31N3O3. The zero-order valence-corrected chi connectivity index (χ0v) is 16.9. The van der Waals surface area contributed by atoms with Crippen molar-refractivity contribution in [3.63, 3.8) is 0 Å². The molecule has 3 aliphatic rings. The van der Waals surface area contributed by atoms with Crippen LogP contribution in [-0.4, -0.2) is 41.4 Å². The number of nitrogens with zero attached hydrogens (tertiary/aromatic N) is 1. The Morgan fingerprint density at radius 3 is 2.41 bits per heavy atom. The molecular weight excluding hydrogens is 342 g/mol. The average Bonchev–Trinajstić information content (AvgIpc) is 2.68. The molecule has 0 aromatic heterocycles. The minimum Gasteiger partial charge on any atom is -0.357 e. The number of hydrogen-bond acceptors (Lipinski definition) is 5. The lowest BCUT2D eigenvalue weighted by atomic mass is 9.93. The van der Waals surface area contributed by atoms with Crippen LogP contribution in [0.5, 0.6) is 0 Å². The van der Waals surface area contributed by atoms with Crippen molar-refractivity contribution < 1.29 is 14.4 Å². The molecule has 0 saturated carbocycles. The van der Waals surface area contributed by atoms with Gasteiger partial charge in [-0.1, -0.05) is 24.3 Å². The van der Waals surface area contributed by atoms with E-state index in [1.54, 1.807) is 0 Å². The summed E-state index contributed by atoms with van der Waals surface area (Å²) in [5.41, 5.74) is 0.686. The summed E-state index contributed by atoms with van der Waals surface area (Å²) in [7, 11) is 1.87. The normalized spacial score (nSPS) is 22.9. The molecule has 1 aromatic carbocycles. The molecule has 1 aromatic rings. The zero-order valence-electron chi connectivity index (χ0n) is 16.9. The Balaban J connectivity index is 1.59. The first-order valence-corrected chi connectivity index (χ1v) is 9.59. The van der Waals surface area contributed by atoms with Crippen molar-refractivity contribution in [1.82, 2.24) is 10.4 Å². The molecule has 2 bridgehead atoms. The molecule has 148 valence electrons. The van der Waals surface area contributed by atoms with Crippen molar-refractivity contribution in [2.45, 2.75) is 70.6 Å². The van der Waals surface area contributed by atoms with Crippen LogP contribution in [0.25, 0.3) is 0 Å². The Kier molecular flexibility index (Phi) is 5.72. The van der Waals surface area contributed by atoms with E-state index in [2.05, 4.69) is 22.8 Å². The van der Waals surface area contributed by atoms with Crippen molar-refractivity contribution >= 4 is 11.6 Å². The smallest absolute Gasteiger partial charge is 0.246 e. The molecule has 2 aliphatic heterocycles. The van der Waals surface area contributed by atoms with E-state index in [1.165, 1.54) is 0 Å². The number of carbonyl (C=O) groups is 1. The lowest BCUT2D eigenvalue weighted by molar-refractivity contribution is -0.272. The maximum absolute atomic E-state index is 12.9. The summed E-state index contributed by atoms with van der Waals surface area (Å²) in [6.07, 6.45) is 6.37. The van der Waals surface area contributed by atoms with Crippen LogP contribution in [0.2, 0.25) is 0 Å². The summed E-state index contributed by atoms with van der Waals surface area (Å²) in [4.78, 5) is 18.9. The van der Waals surface area contributed by atoms with Crippen LogP contribution in [0.1, 0.15) is 46.1 Å². The number of rotatable bonds is 7. The number of benzene rings is 1. The van der Waals surface area contributed by atoms with Crippen LogP contribution >= 0.6 is 0 Å². The quantitative estimate of drug-likeness (QED) is 0.568. The van der Waals surface area contributed by atoms with Gasteiger partial charge in [0.2, 0.25) is 5.91 Å². The van der Waals surface area contributed by atoms with E-state index in [0.29, 0.717) is 6.61 Å². The molecule has 1 saturated heterocycles. The minimum absolute atomic E-state index is 0.0798. The largest absolute Gasteiger partial charge is 0.357 e. The maximum Gasteiger partial charge on any atom is 0.246 e. The fourth-order valence-corrected chi connectivity index (χ4v) is 3.24. The van der Waals surface area contributed by atoms with Crippen molar-refractivity contribution in [1.29, 1.82) is 0 Å². The number of amides is 1. The number of carbonyl (C=O) groups excluding carboxylic acids is 1. The summed E-state index contributed by atoms with van der Waals surface area (Å²) in [6.45, 7) is 8.27. The molecule has 1 aliphatic carbocycles. The van der Waals surface area contributed by atoms with Gasteiger partial charge in [-0.25, -0.2) is 0 Å². The third-order valence-corrected chi connectivity index (χ3v) is 5.37. The van der Waals surface area contributed by atoms with Gasteiger partial charge in [-0.3, -0.25) is 14.9 Å². The van der Waals surface area contributed by atoms with Gasteiger partial charge in [0.15, 0.2) is 0 Å². The molecule has 1 fully saturated rings. The number of anilines is 1. The van der Waals surface area contributed by atoms with Gasteiger partial charge in [0.05, 0.1) is 18.8 Å². The van der Waals surface area contributed by atoms with Crippen molar-refractivity contribution in [2.24, 2.45) is 0 Å². The van der Waals surface area contributed by atoms with Gasteiger partial charge in [-0.05, 0) is 65.3 Å². The van der Waals surface area contributed by atoms with Crippen LogP contribution < -0.4 is 10.6 Å². The topological polar surface area (TPSA) is 62.8 Å². The van der Waals surface area contributed by atoms with E-state index >= 15 is 0 Å². The van der Waals surface area contributed by atoms with Gasteiger partial charge in [0.1, 0.15) is 11.3 Å². The second-order valence-corrected chi connectivity index (χ2v) is 8.26. The Morgan fingerprint density at radius 1 is 1.19 bits per heavy atom. The molecule has 0 spiro atoms. The highest BCUT2D eigenvalue weighted by atomic mass is 16.7. The Labute approximate surface area is 161 Å². The maximum atomic E-state index is 12.9. The lowest BCUT2D eigenvalue weighted by Gasteiger charge is -2.47. The summed E-state index contributed by atoms with van der Waals surface area (Å²) in [5.74, 6) is -0.0798. The molecule has 2 unspecified atom stereocenters. The fraction of sp³-hybridized carbons (Fsp3) is 0.571. The molecule has 2 heterocycles. The monoisotopic (exact) mass is 373 g/mol. The molecule has 2 atom stereocenters. The molecule has 27 heavy (non-hydrogen) atoms. The van der Waals surface area contributed by atoms with Crippen molar-refractivity contribution in [3.8, 4) is 0 Å². The molecule has 4 rings (SSSR count). The van der Waals surface area contributed by atoms with E-state index in [9.17, 15) is 4.79 Å². The summed E-state index contributed by atoms with van der Waals surface area (Å²) in [5, 5.41) is 7.97. The Hall–Kier alpha value is -1.73. The molecule has 6 heteroatoms. The van der Waals surface area contributed by atoms with Crippen LogP contribution in [0.15, 0.2) is 36.4 Å². The van der Waals surface area contributed by atoms with Crippen LogP contribution in [-0.2, 0) is 21.0 Å². The number of ether oxygens (including phenoxy) is 1. The first-order chi connectivity index (χ1) is 12.7. The minimum atomic E-state index is -0.757. The highest BCUT2D eigenvalue weighted by molar-refractivity contribution is 5.97. The van der Waals surface area contributed by atoms with Crippen LogP contribution in [0.3, 0.4) is 0 Å². The molecule has 2 N–H and O–H groups in total. The number of hydroxylamine groups is 2. The van der Waals surface area contributed by atoms with Crippen molar-refractivity contribution in [2.75, 3.05) is 12.4 Å². The van der Waals surface area contributed by atoms with Gasteiger partial charge in [0, 0.05) is 5.69 Å². The SMILES string of the molecule is CNC(C)(C)OCc1ccc(NC(=O)C(C)(C)N2OC3C=CC2CC3)cc1. The van der Waals surface area contributed by atoms with E-state index in [4.69, 9.17) is 9.57 Å². The predicted molar refractivity (Wildman–Crippen MR) is 106 cm³/mol. The number of fused-ring (bicyclic) bond motifs is 2. The van der Waals surface area contributed by atoms with Crippen molar-refractivity contribution in [3.05, 3.63) is 42.0 Å². The summed E-state index contributed by atoms with van der Waals surface area (Å²) in [6, 6.07) is 7.91. The molecule has 1 amide bonds. The third kappa shape index (κ3) is 4.58. The van der Waals surface area contributed by atoms with Crippen LogP contribution in [0, 0.1) is 0 Å². The van der Waals surface area contributed by atoms with E-state index in [0.717, 1.165) is 24.1 Å². The van der Waals surface area contributed by atoms with E-state index in [-0.39, 0.29) is 23.8 Å². The van der Waals surface area contributed by atoms with E-state index < -0.39 is 5.54 Å². The summed E-state index contributed by atoms with van der Waals surface area (Å²) < 4.78 is 5.82. The highest BCUT2D eigenvalue weighted by Crippen LogP contribution is 2.33.